The molecule has 0 fully saturated rings. The van der Waals surface area contributed by atoms with Gasteiger partial charge in [0.05, 0.1) is 6.20 Å². The number of fused-ring (bicyclic) bond motifs is 1. The molecule has 3 aromatic heterocycles. The van der Waals surface area contributed by atoms with E-state index in [9.17, 15) is 9.59 Å². The van der Waals surface area contributed by atoms with Crippen molar-refractivity contribution < 1.29 is 9.59 Å². The summed E-state index contributed by atoms with van der Waals surface area (Å²) in [5, 5.41) is 19.1. The normalized spacial score (nSPS) is 11.7. The summed E-state index contributed by atoms with van der Waals surface area (Å²) < 4.78 is 1.45. The highest BCUT2D eigenvalue weighted by atomic mass is 35.5. The largest absolute Gasteiger partial charge is 0.382 e. The van der Waals surface area contributed by atoms with Crippen molar-refractivity contribution in [3.05, 3.63) is 77.5 Å². The number of halogens is 1. The first-order valence-corrected chi connectivity index (χ1v) is 9.84. The van der Waals surface area contributed by atoms with E-state index in [2.05, 4.69) is 42.5 Å². The van der Waals surface area contributed by atoms with Crippen LogP contribution in [0.4, 0.5) is 17.3 Å². The Morgan fingerprint density at radius 2 is 2.03 bits per heavy atom. The van der Waals surface area contributed by atoms with Crippen LogP contribution in [0, 0.1) is 0 Å². The molecular weight excluding hydrogens is 448 g/mol. The number of amides is 2. The van der Waals surface area contributed by atoms with Crippen molar-refractivity contribution in [3.8, 4) is 0 Å². The van der Waals surface area contributed by atoms with Gasteiger partial charge in [0.2, 0.25) is 0 Å². The quantitative estimate of drug-likeness (QED) is 0.296. The molecule has 0 spiro atoms. The number of rotatable bonds is 7. The van der Waals surface area contributed by atoms with Crippen LogP contribution in [-0.2, 0) is 0 Å². The van der Waals surface area contributed by atoms with E-state index in [1.54, 1.807) is 30.3 Å². The molecule has 13 heteroatoms. The lowest BCUT2D eigenvalue weighted by atomic mass is 10.2. The molecule has 0 bridgehead atoms. The summed E-state index contributed by atoms with van der Waals surface area (Å²) in [5.74, 6) is -0.954. The molecule has 4 rings (SSSR count). The molecule has 2 amide bonds. The lowest BCUT2D eigenvalue weighted by molar-refractivity contribution is 0.0938. The van der Waals surface area contributed by atoms with Crippen LogP contribution in [0.5, 0.6) is 0 Å². The number of primary amides is 1. The molecule has 0 radical (unpaired) electrons. The molecule has 0 unspecified atom stereocenters. The molecule has 12 nitrogen and oxygen atoms in total. The smallest absolute Gasteiger partial charge is 0.274 e. The van der Waals surface area contributed by atoms with E-state index in [0.29, 0.717) is 16.5 Å². The fraction of sp³-hybridized carbons (Fsp3) is 0.0500. The van der Waals surface area contributed by atoms with Crippen LogP contribution in [-0.4, -0.2) is 41.6 Å². The number of carbonyl (C=O) groups excluding carboxylic acids is 2. The first-order chi connectivity index (χ1) is 15.9. The van der Waals surface area contributed by atoms with Gasteiger partial charge in [-0.25, -0.2) is 9.97 Å². The molecule has 0 saturated heterocycles. The summed E-state index contributed by atoms with van der Waals surface area (Å²) in [4.78, 5) is 31.8. The number of nitrogens with one attached hydrogen (secondary N) is 2. The van der Waals surface area contributed by atoms with Gasteiger partial charge in [-0.1, -0.05) is 23.7 Å². The van der Waals surface area contributed by atoms with Crippen LogP contribution in [0.2, 0.25) is 5.02 Å². The highest BCUT2D eigenvalue weighted by Crippen LogP contribution is 2.20. The van der Waals surface area contributed by atoms with Crippen molar-refractivity contribution in [3.63, 3.8) is 0 Å². The molecule has 166 valence electrons. The molecule has 1 aromatic carbocycles. The zero-order chi connectivity index (χ0) is 23.5. The number of nitrogen functional groups attached to an aromatic ring is 1. The van der Waals surface area contributed by atoms with Gasteiger partial charge in [0.15, 0.2) is 28.8 Å². The Kier molecular flexibility index (Phi) is 5.83. The Hall–Kier alpha value is -4.58. The summed E-state index contributed by atoms with van der Waals surface area (Å²) in [6, 6.07) is 9.76. The maximum absolute atomic E-state index is 12.8. The van der Waals surface area contributed by atoms with E-state index in [-0.39, 0.29) is 23.0 Å². The van der Waals surface area contributed by atoms with Gasteiger partial charge in [-0.05, 0) is 30.3 Å². The minimum absolute atomic E-state index is 0.169. The molecule has 1 atom stereocenters. The fourth-order valence-corrected chi connectivity index (χ4v) is 3.09. The molecule has 0 aliphatic rings. The lowest BCUT2D eigenvalue weighted by Gasteiger charge is -2.14. The van der Waals surface area contributed by atoms with Gasteiger partial charge in [-0.2, -0.15) is 4.52 Å². The third kappa shape index (κ3) is 4.55. The van der Waals surface area contributed by atoms with Crippen molar-refractivity contribution in [1.29, 1.82) is 0 Å². The molecule has 33 heavy (non-hydrogen) atoms. The molecule has 0 aliphatic carbocycles. The minimum Gasteiger partial charge on any atom is -0.382 e. The highest BCUT2D eigenvalue weighted by Gasteiger charge is 2.23. The van der Waals surface area contributed by atoms with E-state index >= 15 is 0 Å². The van der Waals surface area contributed by atoms with Gasteiger partial charge in [-0.3, -0.25) is 9.59 Å². The van der Waals surface area contributed by atoms with Crippen LogP contribution >= 0.6 is 11.6 Å². The third-order valence-corrected chi connectivity index (χ3v) is 4.69. The van der Waals surface area contributed by atoms with Crippen molar-refractivity contribution in [1.82, 2.24) is 35.1 Å². The van der Waals surface area contributed by atoms with Crippen molar-refractivity contribution in [2.75, 3.05) is 11.1 Å². The number of nitrogens with two attached hydrogens (primary N) is 2. The van der Waals surface area contributed by atoms with Gasteiger partial charge in [0.25, 0.3) is 11.8 Å². The number of anilines is 3. The third-order valence-electron chi connectivity index (χ3n) is 4.45. The molecule has 0 saturated carbocycles. The van der Waals surface area contributed by atoms with Crippen LogP contribution in [0.25, 0.3) is 5.65 Å². The van der Waals surface area contributed by atoms with Crippen LogP contribution in [0.15, 0.2) is 55.3 Å². The van der Waals surface area contributed by atoms with Crippen molar-refractivity contribution >= 4 is 46.4 Å². The lowest BCUT2D eigenvalue weighted by Crippen LogP contribution is -2.31. The van der Waals surface area contributed by atoms with Crippen molar-refractivity contribution in [2.24, 2.45) is 5.73 Å². The number of hydrogen-bond donors (Lipinski definition) is 4. The van der Waals surface area contributed by atoms with E-state index in [1.165, 1.54) is 10.6 Å². The number of carbonyl (C=O) groups is 2. The molecular formula is C20H17ClN10O2. The Morgan fingerprint density at radius 1 is 1.21 bits per heavy atom. The molecule has 6 N–H and O–H groups in total. The number of nitrogens with zero attached hydrogens (tertiary/aromatic N) is 6. The van der Waals surface area contributed by atoms with Gasteiger partial charge in [0, 0.05) is 10.7 Å². The maximum atomic E-state index is 12.8. The van der Waals surface area contributed by atoms with E-state index < -0.39 is 17.9 Å². The zero-order valence-electron chi connectivity index (χ0n) is 16.9. The van der Waals surface area contributed by atoms with Gasteiger partial charge in [0.1, 0.15) is 11.7 Å². The second-order valence-electron chi connectivity index (χ2n) is 6.72. The van der Waals surface area contributed by atoms with Crippen LogP contribution < -0.4 is 22.1 Å². The first-order valence-electron chi connectivity index (χ1n) is 9.46. The fourth-order valence-electron chi connectivity index (χ4n) is 2.90. The van der Waals surface area contributed by atoms with E-state index in [0.717, 1.165) is 11.9 Å². The predicted molar refractivity (Wildman–Crippen MR) is 121 cm³/mol. The average molecular weight is 465 g/mol. The Balaban J connectivity index is 1.63. The highest BCUT2D eigenvalue weighted by molar-refractivity contribution is 6.30. The second kappa shape index (κ2) is 8.88. The summed E-state index contributed by atoms with van der Waals surface area (Å²) in [6.45, 7) is 3.74. The number of benzene rings is 1. The average Bonchev–Trinajstić information content (AvgIpc) is 3.20. The first kappa shape index (κ1) is 21.6. The van der Waals surface area contributed by atoms with Gasteiger partial charge in [-0.15, -0.1) is 21.9 Å². The minimum atomic E-state index is -0.843. The Morgan fingerprint density at radius 3 is 2.76 bits per heavy atom. The van der Waals surface area contributed by atoms with Crippen LogP contribution in [0.3, 0.4) is 0 Å². The topological polar surface area (TPSA) is 179 Å². The molecule has 4 aromatic rings. The number of hydrogen-bond acceptors (Lipinski definition) is 9. The van der Waals surface area contributed by atoms with Gasteiger partial charge >= 0.3 is 0 Å². The summed E-state index contributed by atoms with van der Waals surface area (Å²) in [6.07, 6.45) is 2.53. The van der Waals surface area contributed by atoms with Crippen LogP contribution in [0.1, 0.15) is 32.8 Å². The summed E-state index contributed by atoms with van der Waals surface area (Å²) >= 11 is 6.03. The van der Waals surface area contributed by atoms with Gasteiger partial charge < -0.3 is 22.1 Å². The summed E-state index contributed by atoms with van der Waals surface area (Å²) in [7, 11) is 0. The molecule has 3 heterocycles. The predicted octanol–water partition coefficient (Wildman–Crippen LogP) is 1.65. The SMILES string of the molecule is C=C[C@@H](NC(=O)c1nc(C(N)=O)cnc1N)c1nnc2ccc(Nc3cccc(Cl)c3)nn12. The monoisotopic (exact) mass is 464 g/mol. The summed E-state index contributed by atoms with van der Waals surface area (Å²) in [5.41, 5.74) is 11.7. The maximum Gasteiger partial charge on any atom is 0.274 e. The van der Waals surface area contributed by atoms with Crippen molar-refractivity contribution in [2.45, 2.75) is 6.04 Å². The Bertz CT molecular complexity index is 1390. The van der Waals surface area contributed by atoms with E-state index in [4.69, 9.17) is 23.1 Å². The Labute approximate surface area is 191 Å². The molecule has 0 aliphatic heterocycles. The second-order valence-corrected chi connectivity index (χ2v) is 7.16. The standard InChI is InChI=1S/C20H17ClN10O2/c1-2-12(27-20(33)16-17(22)24-9-13(26-16)18(23)32)19-29-28-15-7-6-14(30-31(15)19)25-11-5-3-4-10(21)8-11/h2-9,12H,1H2,(H2,22,24)(H2,23,32)(H,25,30)(H,27,33)/t12-/m1/s1. The zero-order valence-corrected chi connectivity index (χ0v) is 17.7. The number of aromatic nitrogens is 6. The van der Waals surface area contributed by atoms with E-state index in [1.807, 2.05) is 6.07 Å².